The standard InChI is InChI=1S/C23H42N4O3/c1-23(2,3)30-22(29)27-15-9-13-19(17-27)16-25-21(24)26(4)20(28)14-8-12-18-10-6-5-7-11-18/h18-19H,5-17H2,1-4H3,(H2,24,25). The monoisotopic (exact) mass is 422 g/mol. The Balaban J connectivity index is 1.74. The Bertz CT molecular complexity index is 594. The van der Waals surface area contributed by atoms with Crippen LogP contribution in [0.15, 0.2) is 4.99 Å². The first-order valence-corrected chi connectivity index (χ1v) is 11.7. The summed E-state index contributed by atoms with van der Waals surface area (Å²) in [5.74, 6) is 1.33. The molecule has 7 heteroatoms. The number of hydrogen-bond donors (Lipinski definition) is 1. The van der Waals surface area contributed by atoms with Crippen LogP contribution in [-0.4, -0.2) is 60.0 Å². The number of likely N-dealkylation sites (tertiary alicyclic amines) is 1. The molecule has 0 aromatic carbocycles. The molecule has 1 saturated carbocycles. The van der Waals surface area contributed by atoms with Crippen LogP contribution in [0.3, 0.4) is 0 Å². The number of carbonyl (C=O) groups is 2. The molecule has 172 valence electrons. The van der Waals surface area contributed by atoms with Crippen LogP contribution in [0.2, 0.25) is 0 Å². The highest BCUT2D eigenvalue weighted by Crippen LogP contribution is 2.27. The van der Waals surface area contributed by atoms with Crippen LogP contribution in [0.25, 0.3) is 0 Å². The van der Waals surface area contributed by atoms with Gasteiger partial charge in [0.2, 0.25) is 5.91 Å². The van der Waals surface area contributed by atoms with Crippen LogP contribution in [0.1, 0.15) is 85.0 Å². The van der Waals surface area contributed by atoms with Gasteiger partial charge in [-0.05, 0) is 58.3 Å². The van der Waals surface area contributed by atoms with E-state index < -0.39 is 5.60 Å². The van der Waals surface area contributed by atoms with Crippen molar-refractivity contribution in [3.05, 3.63) is 0 Å². The molecule has 0 bridgehead atoms. The highest BCUT2D eigenvalue weighted by atomic mass is 16.6. The van der Waals surface area contributed by atoms with Gasteiger partial charge in [0.15, 0.2) is 5.96 Å². The van der Waals surface area contributed by atoms with E-state index in [-0.39, 0.29) is 23.9 Å². The van der Waals surface area contributed by atoms with Crippen molar-refractivity contribution in [1.82, 2.24) is 9.80 Å². The van der Waals surface area contributed by atoms with Crippen molar-refractivity contribution in [1.29, 1.82) is 0 Å². The number of amides is 2. The molecule has 7 nitrogen and oxygen atoms in total. The molecule has 2 N–H and O–H groups in total. The first kappa shape index (κ1) is 24.5. The lowest BCUT2D eigenvalue weighted by molar-refractivity contribution is -0.126. The van der Waals surface area contributed by atoms with Gasteiger partial charge in [0.25, 0.3) is 0 Å². The fourth-order valence-electron chi connectivity index (χ4n) is 4.35. The van der Waals surface area contributed by atoms with E-state index in [0.29, 0.717) is 26.1 Å². The minimum absolute atomic E-state index is 0.0334. The van der Waals surface area contributed by atoms with Crippen molar-refractivity contribution in [3.8, 4) is 0 Å². The van der Waals surface area contributed by atoms with Gasteiger partial charge in [0, 0.05) is 33.1 Å². The molecule has 2 fully saturated rings. The maximum atomic E-state index is 12.4. The van der Waals surface area contributed by atoms with Crippen molar-refractivity contribution < 1.29 is 14.3 Å². The second-order valence-corrected chi connectivity index (χ2v) is 9.98. The summed E-state index contributed by atoms with van der Waals surface area (Å²) in [6.07, 6.45) is 10.9. The van der Waals surface area contributed by atoms with Gasteiger partial charge in [0.1, 0.15) is 5.60 Å². The van der Waals surface area contributed by atoms with Crippen LogP contribution >= 0.6 is 0 Å². The molecule has 1 unspecified atom stereocenters. The van der Waals surface area contributed by atoms with Gasteiger partial charge in [-0.15, -0.1) is 0 Å². The van der Waals surface area contributed by atoms with Gasteiger partial charge in [-0.25, -0.2) is 4.79 Å². The Labute approximate surface area is 182 Å². The normalized spacial score (nSPS) is 21.4. The molecule has 2 aliphatic rings. The predicted octanol–water partition coefficient (Wildman–Crippen LogP) is 4.16. The van der Waals surface area contributed by atoms with Crippen LogP contribution in [-0.2, 0) is 9.53 Å². The number of piperidine rings is 1. The van der Waals surface area contributed by atoms with Crippen LogP contribution in [0.5, 0.6) is 0 Å². The van der Waals surface area contributed by atoms with E-state index in [4.69, 9.17) is 10.5 Å². The molecule has 1 atom stereocenters. The van der Waals surface area contributed by atoms with E-state index in [1.807, 2.05) is 20.8 Å². The van der Waals surface area contributed by atoms with E-state index in [0.717, 1.165) is 31.6 Å². The second-order valence-electron chi connectivity index (χ2n) is 9.98. The average molecular weight is 423 g/mol. The molecule has 2 rings (SSSR count). The van der Waals surface area contributed by atoms with Crippen molar-refractivity contribution in [2.45, 2.75) is 90.6 Å². The number of guanidine groups is 1. The Morgan fingerprint density at radius 1 is 1.10 bits per heavy atom. The molecule has 0 spiro atoms. The molecule has 1 heterocycles. The summed E-state index contributed by atoms with van der Waals surface area (Å²) in [6.45, 7) is 7.47. The topological polar surface area (TPSA) is 88.2 Å². The smallest absolute Gasteiger partial charge is 0.410 e. The molecule has 1 saturated heterocycles. The summed E-state index contributed by atoms with van der Waals surface area (Å²) in [6, 6.07) is 0. The molecule has 30 heavy (non-hydrogen) atoms. The Kier molecular flexibility index (Phi) is 9.43. The van der Waals surface area contributed by atoms with Gasteiger partial charge in [-0.2, -0.15) is 0 Å². The number of aliphatic imine (C=N–C) groups is 1. The van der Waals surface area contributed by atoms with Gasteiger partial charge in [0.05, 0.1) is 0 Å². The van der Waals surface area contributed by atoms with Crippen LogP contribution in [0.4, 0.5) is 4.79 Å². The summed E-state index contributed by atoms with van der Waals surface area (Å²) >= 11 is 0. The second kappa shape index (κ2) is 11.6. The summed E-state index contributed by atoms with van der Waals surface area (Å²) < 4.78 is 5.48. The van der Waals surface area contributed by atoms with E-state index in [1.54, 1.807) is 11.9 Å². The maximum Gasteiger partial charge on any atom is 0.410 e. The predicted molar refractivity (Wildman–Crippen MR) is 120 cm³/mol. The molecule has 0 aromatic rings. The third-order valence-corrected chi connectivity index (χ3v) is 6.13. The Morgan fingerprint density at radius 3 is 2.43 bits per heavy atom. The van der Waals surface area contributed by atoms with Gasteiger partial charge >= 0.3 is 6.09 Å². The quantitative estimate of drug-likeness (QED) is 0.514. The third-order valence-electron chi connectivity index (χ3n) is 6.13. The third kappa shape index (κ3) is 8.52. The van der Waals surface area contributed by atoms with Gasteiger partial charge in [-0.1, -0.05) is 32.1 Å². The average Bonchev–Trinajstić information content (AvgIpc) is 2.71. The van der Waals surface area contributed by atoms with E-state index in [9.17, 15) is 9.59 Å². The van der Waals surface area contributed by atoms with Crippen LogP contribution < -0.4 is 5.73 Å². The van der Waals surface area contributed by atoms with E-state index in [2.05, 4.69) is 4.99 Å². The van der Waals surface area contributed by atoms with E-state index in [1.165, 1.54) is 37.0 Å². The Hall–Kier alpha value is -1.79. The number of ether oxygens (including phenoxy) is 1. The molecule has 2 amide bonds. The zero-order valence-corrected chi connectivity index (χ0v) is 19.5. The zero-order chi connectivity index (χ0) is 22.1. The Morgan fingerprint density at radius 2 is 1.77 bits per heavy atom. The largest absolute Gasteiger partial charge is 0.444 e. The SMILES string of the molecule is CN(C(=O)CCCC1CCCCC1)C(N)=NCC1CCCN(C(=O)OC(C)(C)C)C1. The summed E-state index contributed by atoms with van der Waals surface area (Å²) in [5.41, 5.74) is 5.58. The summed E-state index contributed by atoms with van der Waals surface area (Å²) in [4.78, 5) is 32.4. The number of carbonyl (C=O) groups excluding carboxylic acids is 2. The number of hydrogen-bond acceptors (Lipinski definition) is 4. The molecule has 0 radical (unpaired) electrons. The minimum Gasteiger partial charge on any atom is -0.444 e. The minimum atomic E-state index is -0.493. The fourth-order valence-corrected chi connectivity index (χ4v) is 4.35. The number of nitrogens with two attached hydrogens (primary N) is 1. The number of nitrogens with zero attached hydrogens (tertiary/aromatic N) is 3. The van der Waals surface area contributed by atoms with Gasteiger partial charge < -0.3 is 15.4 Å². The zero-order valence-electron chi connectivity index (χ0n) is 19.5. The lowest BCUT2D eigenvalue weighted by Gasteiger charge is -2.33. The molecular weight excluding hydrogens is 380 g/mol. The van der Waals surface area contributed by atoms with E-state index >= 15 is 0 Å². The summed E-state index contributed by atoms with van der Waals surface area (Å²) in [5, 5.41) is 0. The highest BCUT2D eigenvalue weighted by Gasteiger charge is 2.27. The fraction of sp³-hybridized carbons (Fsp3) is 0.870. The van der Waals surface area contributed by atoms with Gasteiger partial charge in [-0.3, -0.25) is 14.7 Å². The van der Waals surface area contributed by atoms with Crippen LogP contribution in [0, 0.1) is 11.8 Å². The lowest BCUT2D eigenvalue weighted by atomic mass is 9.86. The first-order chi connectivity index (χ1) is 14.2. The summed E-state index contributed by atoms with van der Waals surface area (Å²) in [7, 11) is 1.70. The van der Waals surface area contributed by atoms with Crippen molar-refractivity contribution in [2.75, 3.05) is 26.7 Å². The highest BCUT2D eigenvalue weighted by molar-refractivity contribution is 5.95. The maximum absolute atomic E-state index is 12.4. The lowest BCUT2D eigenvalue weighted by Crippen LogP contribution is -2.44. The number of rotatable bonds is 6. The molecule has 1 aliphatic carbocycles. The van der Waals surface area contributed by atoms with Crippen molar-refractivity contribution in [3.63, 3.8) is 0 Å². The van der Waals surface area contributed by atoms with Crippen molar-refractivity contribution >= 4 is 18.0 Å². The molecular formula is C23H42N4O3. The molecule has 0 aromatic heterocycles. The first-order valence-electron chi connectivity index (χ1n) is 11.7. The molecule has 1 aliphatic heterocycles. The van der Waals surface area contributed by atoms with Crippen molar-refractivity contribution in [2.24, 2.45) is 22.6 Å².